The number of thiophene rings is 1. The Balaban J connectivity index is 0.00000341. The number of rotatable bonds is 8. The number of nitrogens with one attached hydrogen (secondary N) is 2. The van der Waals surface area contributed by atoms with Gasteiger partial charge < -0.3 is 35.6 Å². The van der Waals surface area contributed by atoms with Crippen molar-refractivity contribution < 1.29 is 67.9 Å². The number of nitrogens with two attached hydrogens (primary N) is 1. The van der Waals surface area contributed by atoms with Crippen LogP contribution in [-0.4, -0.2) is 63.1 Å². The number of carbonyl (C=O) groups is 5. The maximum Gasteiger partial charge on any atom is 1.00 e. The van der Waals surface area contributed by atoms with Crippen molar-refractivity contribution in [1.29, 1.82) is 0 Å². The number of hydrogen-bond acceptors (Lipinski definition) is 9. The molecule has 1 aromatic rings. The van der Waals surface area contributed by atoms with Crippen LogP contribution in [0.1, 0.15) is 4.88 Å². The summed E-state index contributed by atoms with van der Waals surface area (Å²) < 4.78 is 17.4. The molecule has 3 heterocycles. The fraction of sp³-hybridized carbons (Fsp3) is 0.312. The molecule has 2 aliphatic rings. The molecule has 160 valence electrons. The maximum atomic E-state index is 12.9. The van der Waals surface area contributed by atoms with Gasteiger partial charge in [0.1, 0.15) is 12.4 Å². The van der Waals surface area contributed by atoms with E-state index in [1.807, 2.05) is 0 Å². The summed E-state index contributed by atoms with van der Waals surface area (Å²) in [5.41, 5.74) is 1.97. The fourth-order valence-electron chi connectivity index (χ4n) is 3.28. The van der Waals surface area contributed by atoms with Gasteiger partial charge in [0, 0.05) is 10.5 Å². The molecule has 0 radical (unpaired) electrons. The summed E-state index contributed by atoms with van der Waals surface area (Å²) in [7, 11) is 0. The molecule has 3 atom stereocenters. The number of carbonyl (C=O) groups excluding carboxylic acids is 5. The van der Waals surface area contributed by atoms with Gasteiger partial charge in [-0.25, -0.2) is 4.79 Å². The first kappa shape index (κ1) is 25.2. The molecule has 31 heavy (non-hydrogen) atoms. The average molecular weight is 478 g/mol. The Morgan fingerprint density at radius 2 is 2.16 bits per heavy atom. The van der Waals surface area contributed by atoms with Crippen LogP contribution in [0.5, 0.6) is 0 Å². The van der Waals surface area contributed by atoms with Crippen LogP contribution in [0.15, 0.2) is 28.8 Å². The molecule has 1 aromatic heterocycles. The summed E-state index contributed by atoms with van der Waals surface area (Å²) in [6, 6.07) is 3.42. The Kier molecular flexibility index (Phi) is 8.13. The molecule has 0 aliphatic carbocycles. The number of β-lactam (4-membered cyclic amide) rings is 1. The summed E-state index contributed by atoms with van der Waals surface area (Å²) in [4.78, 5) is 60.3. The van der Waals surface area contributed by atoms with Crippen LogP contribution in [0.3, 0.4) is 0 Å². The fourth-order valence-corrected chi connectivity index (χ4v) is 5.76. The van der Waals surface area contributed by atoms with Gasteiger partial charge in [0.05, 0.1) is 18.1 Å². The molecule has 1 unspecified atom stereocenters. The summed E-state index contributed by atoms with van der Waals surface area (Å²) in [5.74, 6) is -3.85. The van der Waals surface area contributed by atoms with E-state index in [1.165, 1.54) is 11.3 Å². The standard InChI is InChI=1S/C16H16N4O8S2.Na/c17-15(26)28-5-8-6-30(27)14-16(18-7-21,13(25)20(14)11(8)12(23)24)19-10(22)4-9-2-1-3-29-9;/h1-3,7,14H,4-6H2,(H2,17,26)(H,18,21)(H,19,22)(H,23,24);/q;+1/p-1/t14-,16-,30?;/m1./s1. The first-order valence-corrected chi connectivity index (χ1v) is 10.6. The molecule has 3 rings (SSSR count). The summed E-state index contributed by atoms with van der Waals surface area (Å²) in [5, 5.41) is 16.5. The minimum absolute atomic E-state index is 0. The van der Waals surface area contributed by atoms with Crippen LogP contribution in [0.4, 0.5) is 4.79 Å². The number of aliphatic carboxylic acids is 1. The zero-order valence-corrected chi connectivity index (χ0v) is 19.7. The van der Waals surface area contributed by atoms with E-state index >= 15 is 0 Å². The predicted octanol–water partition coefficient (Wildman–Crippen LogP) is -6.12. The van der Waals surface area contributed by atoms with Crippen molar-refractivity contribution in [2.24, 2.45) is 5.73 Å². The van der Waals surface area contributed by atoms with Gasteiger partial charge in [-0.15, -0.1) is 11.3 Å². The quantitative estimate of drug-likeness (QED) is 0.108. The SMILES string of the molecule is NC(=O)OCC1=C(C(=O)[O-])N2C(=O)[C@@](NC=O)(NC(=O)Cc3cccs3)[C@H]2[S+]([O-])C1.[Na+]. The molecule has 0 bridgehead atoms. The van der Waals surface area contributed by atoms with Crippen LogP contribution < -0.4 is 51.0 Å². The summed E-state index contributed by atoms with van der Waals surface area (Å²) in [6.07, 6.45) is -1.15. The van der Waals surface area contributed by atoms with E-state index in [9.17, 15) is 33.6 Å². The van der Waals surface area contributed by atoms with Gasteiger partial charge in [-0.05, 0) is 22.6 Å². The van der Waals surface area contributed by atoms with Crippen molar-refractivity contribution in [3.8, 4) is 0 Å². The number of carboxylic acid groups (broad SMARTS) is 1. The summed E-state index contributed by atoms with van der Waals surface area (Å²) >= 11 is -0.665. The van der Waals surface area contributed by atoms with Crippen LogP contribution in [0.2, 0.25) is 0 Å². The number of primary amides is 1. The largest absolute Gasteiger partial charge is 1.00 e. The van der Waals surface area contributed by atoms with Crippen molar-refractivity contribution in [3.05, 3.63) is 33.7 Å². The summed E-state index contributed by atoms with van der Waals surface area (Å²) in [6.45, 7) is -0.611. The van der Waals surface area contributed by atoms with E-state index in [0.717, 1.165) is 0 Å². The van der Waals surface area contributed by atoms with E-state index in [0.29, 0.717) is 9.78 Å². The van der Waals surface area contributed by atoms with Crippen LogP contribution in [0, 0.1) is 0 Å². The molecule has 4 amide bonds. The second-order valence-electron chi connectivity index (χ2n) is 6.27. The van der Waals surface area contributed by atoms with E-state index in [4.69, 9.17) is 5.73 Å². The molecule has 15 heteroatoms. The van der Waals surface area contributed by atoms with Crippen molar-refractivity contribution in [2.75, 3.05) is 12.4 Å². The molecule has 1 fully saturated rings. The zero-order valence-electron chi connectivity index (χ0n) is 16.1. The van der Waals surface area contributed by atoms with Gasteiger partial charge in [0.2, 0.25) is 17.7 Å². The van der Waals surface area contributed by atoms with Gasteiger partial charge in [-0.2, -0.15) is 0 Å². The number of nitrogens with zero attached hydrogens (tertiary/aromatic N) is 1. The van der Waals surface area contributed by atoms with Crippen LogP contribution in [0.25, 0.3) is 0 Å². The zero-order chi connectivity index (χ0) is 22.1. The molecule has 0 spiro atoms. The predicted molar refractivity (Wildman–Crippen MR) is 99.3 cm³/mol. The molecule has 0 aromatic carbocycles. The molecule has 12 nitrogen and oxygen atoms in total. The molecule has 0 saturated carbocycles. The minimum Gasteiger partial charge on any atom is -0.614 e. The van der Waals surface area contributed by atoms with Crippen molar-refractivity contribution in [3.63, 3.8) is 0 Å². The van der Waals surface area contributed by atoms with E-state index in [1.54, 1.807) is 17.5 Å². The molecular formula is C16H15N4NaO8S2. The van der Waals surface area contributed by atoms with Crippen molar-refractivity contribution >= 4 is 52.8 Å². The third-order valence-electron chi connectivity index (χ3n) is 4.42. The first-order valence-electron chi connectivity index (χ1n) is 8.32. The Morgan fingerprint density at radius 3 is 2.71 bits per heavy atom. The number of ether oxygens (including phenoxy) is 1. The number of amides is 4. The molecule has 2 aliphatic heterocycles. The van der Waals surface area contributed by atoms with Gasteiger partial charge in [0.25, 0.3) is 11.6 Å². The van der Waals surface area contributed by atoms with Crippen LogP contribution >= 0.6 is 11.3 Å². The third-order valence-corrected chi connectivity index (χ3v) is 6.99. The first-order chi connectivity index (χ1) is 14.2. The Labute approximate surface area is 204 Å². The van der Waals surface area contributed by atoms with E-state index in [-0.39, 0.29) is 48.0 Å². The number of fused-ring (bicyclic) bond motifs is 1. The second-order valence-corrected chi connectivity index (χ2v) is 8.80. The Hall–Kier alpha value is -2.10. The van der Waals surface area contributed by atoms with Gasteiger partial charge >= 0.3 is 35.7 Å². The smallest absolute Gasteiger partial charge is 0.614 e. The minimum atomic E-state index is -2.09. The third kappa shape index (κ3) is 4.73. The number of hydrogen-bond donors (Lipinski definition) is 3. The number of carboxylic acids is 1. The van der Waals surface area contributed by atoms with Crippen molar-refractivity contribution in [1.82, 2.24) is 15.5 Å². The second kappa shape index (κ2) is 10.0. The van der Waals surface area contributed by atoms with E-state index < -0.39 is 64.1 Å². The Bertz CT molecular complexity index is 940. The average Bonchev–Trinajstić information content (AvgIpc) is 3.17. The van der Waals surface area contributed by atoms with Gasteiger partial charge in [0.15, 0.2) is 0 Å². The van der Waals surface area contributed by atoms with E-state index in [2.05, 4.69) is 15.4 Å². The molecule has 4 N–H and O–H groups in total. The Morgan fingerprint density at radius 1 is 1.45 bits per heavy atom. The van der Waals surface area contributed by atoms with Crippen molar-refractivity contribution in [2.45, 2.75) is 17.5 Å². The van der Waals surface area contributed by atoms with Gasteiger partial charge in [-0.3, -0.25) is 19.3 Å². The van der Waals surface area contributed by atoms with Gasteiger partial charge in [-0.1, -0.05) is 6.07 Å². The topological polar surface area (TPSA) is 194 Å². The van der Waals surface area contributed by atoms with Crippen LogP contribution in [-0.2, 0) is 41.5 Å². The monoisotopic (exact) mass is 478 g/mol. The normalized spacial score (nSPS) is 24.3. The maximum absolute atomic E-state index is 12.9. The molecule has 1 saturated heterocycles. The molecular weight excluding hydrogens is 463 g/mol.